The van der Waals surface area contributed by atoms with Crippen LogP contribution in [-0.4, -0.2) is 64.6 Å². The molecule has 0 spiro atoms. The van der Waals surface area contributed by atoms with E-state index in [-0.39, 0.29) is 40.8 Å². The molecule has 5 rings (SSSR count). The minimum atomic E-state index is -2.94. The molecule has 0 saturated carbocycles. The molecular weight excluding hydrogens is 476 g/mol. The number of ether oxygens (including phenoxy) is 2. The van der Waals surface area contributed by atoms with Gasteiger partial charge in [-0.1, -0.05) is 0 Å². The Morgan fingerprint density at radius 1 is 1.20 bits per heavy atom. The average Bonchev–Trinajstić information content (AvgIpc) is 3.69. The smallest absolute Gasteiger partial charge is 0.269 e. The van der Waals surface area contributed by atoms with Crippen LogP contribution >= 0.6 is 11.8 Å². The predicted molar refractivity (Wildman–Crippen MR) is 131 cm³/mol. The molecule has 0 N–H and O–H groups in total. The van der Waals surface area contributed by atoms with Crippen molar-refractivity contribution in [3.05, 3.63) is 52.7 Å². The SMILES string of the molecule is COc1cc(-c2cn(C)c(=O)c3cnccc23)cc(OC)c1C(=O)N1CCC(C2CS2)C(F)(F)C1. The number of fused-ring (bicyclic) bond motifs is 1. The van der Waals surface area contributed by atoms with E-state index < -0.39 is 24.3 Å². The van der Waals surface area contributed by atoms with Gasteiger partial charge in [0.05, 0.1) is 26.2 Å². The summed E-state index contributed by atoms with van der Waals surface area (Å²) < 4.78 is 42.3. The molecule has 2 aliphatic rings. The van der Waals surface area contributed by atoms with E-state index in [1.54, 1.807) is 49.4 Å². The molecule has 4 heterocycles. The lowest BCUT2D eigenvalue weighted by Crippen LogP contribution is -2.52. The van der Waals surface area contributed by atoms with E-state index >= 15 is 0 Å². The number of benzene rings is 1. The number of thioether (sulfide) groups is 1. The maximum atomic E-state index is 14.9. The molecule has 0 bridgehead atoms. The van der Waals surface area contributed by atoms with Crippen molar-refractivity contribution in [3.8, 4) is 22.6 Å². The van der Waals surface area contributed by atoms with Crippen LogP contribution in [0.1, 0.15) is 16.8 Å². The van der Waals surface area contributed by atoms with Gasteiger partial charge in [-0.05, 0) is 35.6 Å². The number of hydrogen-bond donors (Lipinski definition) is 0. The first kappa shape index (κ1) is 23.6. The van der Waals surface area contributed by atoms with Gasteiger partial charge in [0.2, 0.25) is 0 Å². The third-order valence-electron chi connectivity index (χ3n) is 6.76. The fourth-order valence-electron chi connectivity index (χ4n) is 4.85. The number of aromatic nitrogens is 2. The molecule has 0 aliphatic carbocycles. The van der Waals surface area contributed by atoms with Gasteiger partial charge >= 0.3 is 0 Å². The first-order valence-electron chi connectivity index (χ1n) is 11.2. The van der Waals surface area contributed by atoms with Gasteiger partial charge in [0.15, 0.2) is 0 Å². The summed E-state index contributed by atoms with van der Waals surface area (Å²) in [6, 6.07) is 5.08. The Labute approximate surface area is 205 Å². The van der Waals surface area contributed by atoms with Crippen molar-refractivity contribution in [2.45, 2.75) is 17.6 Å². The molecule has 2 unspecified atom stereocenters. The molecule has 1 aromatic carbocycles. The minimum absolute atomic E-state index is 0.0162. The molecule has 0 radical (unpaired) electrons. The second-order valence-corrected chi connectivity index (χ2v) is 10.2. The van der Waals surface area contributed by atoms with Crippen molar-refractivity contribution in [3.63, 3.8) is 0 Å². The maximum absolute atomic E-state index is 14.9. The van der Waals surface area contributed by atoms with E-state index in [9.17, 15) is 18.4 Å². The molecule has 2 saturated heterocycles. The fourth-order valence-corrected chi connectivity index (χ4v) is 5.76. The van der Waals surface area contributed by atoms with Crippen LogP contribution in [0, 0.1) is 5.92 Å². The number of amides is 1. The molecule has 1 amide bonds. The van der Waals surface area contributed by atoms with E-state index in [0.717, 1.165) is 11.3 Å². The number of piperidine rings is 1. The molecule has 35 heavy (non-hydrogen) atoms. The van der Waals surface area contributed by atoms with Crippen LogP contribution in [0.4, 0.5) is 8.78 Å². The highest BCUT2D eigenvalue weighted by molar-refractivity contribution is 8.06. The van der Waals surface area contributed by atoms with Crippen molar-refractivity contribution in [2.24, 2.45) is 13.0 Å². The minimum Gasteiger partial charge on any atom is -0.496 e. The monoisotopic (exact) mass is 501 g/mol. The highest BCUT2D eigenvalue weighted by atomic mass is 32.2. The Hall–Kier alpha value is -3.14. The predicted octanol–water partition coefficient (Wildman–Crippen LogP) is 3.83. The number of nitrogens with zero attached hydrogens (tertiary/aromatic N) is 3. The number of methoxy groups -OCH3 is 2. The molecule has 7 nitrogen and oxygen atoms in total. The Kier molecular flexibility index (Phi) is 5.94. The van der Waals surface area contributed by atoms with E-state index in [2.05, 4.69) is 4.98 Å². The Morgan fingerprint density at radius 2 is 1.89 bits per heavy atom. The van der Waals surface area contributed by atoms with Gasteiger partial charge in [0, 0.05) is 54.7 Å². The van der Waals surface area contributed by atoms with Crippen LogP contribution in [0.2, 0.25) is 0 Å². The lowest BCUT2D eigenvalue weighted by molar-refractivity contribution is -0.0988. The molecule has 2 fully saturated rings. The third kappa shape index (κ3) is 4.13. The van der Waals surface area contributed by atoms with E-state index in [1.807, 2.05) is 0 Å². The number of rotatable bonds is 5. The summed E-state index contributed by atoms with van der Waals surface area (Å²) in [5.41, 5.74) is 1.28. The Bertz CT molecular complexity index is 1350. The third-order valence-corrected chi connectivity index (χ3v) is 7.81. The number of alkyl halides is 2. The first-order chi connectivity index (χ1) is 16.7. The summed E-state index contributed by atoms with van der Waals surface area (Å²) in [5.74, 6) is -3.01. The highest BCUT2D eigenvalue weighted by Gasteiger charge is 2.52. The number of aryl methyl sites for hydroxylation is 1. The number of carbonyl (C=O) groups excluding carboxylic acids is 1. The summed E-state index contributed by atoms with van der Waals surface area (Å²) in [6.45, 7) is -0.372. The van der Waals surface area contributed by atoms with Gasteiger partial charge in [-0.3, -0.25) is 14.6 Å². The Morgan fingerprint density at radius 3 is 2.49 bits per heavy atom. The summed E-state index contributed by atoms with van der Waals surface area (Å²) in [7, 11) is 4.49. The van der Waals surface area contributed by atoms with Gasteiger partial charge in [-0.2, -0.15) is 11.8 Å². The van der Waals surface area contributed by atoms with Crippen LogP contribution in [0.5, 0.6) is 11.5 Å². The van der Waals surface area contributed by atoms with Crippen molar-refractivity contribution in [2.75, 3.05) is 33.1 Å². The summed E-state index contributed by atoms with van der Waals surface area (Å²) in [5, 5.41) is 1.12. The number of pyridine rings is 2. The first-order valence-corrected chi connectivity index (χ1v) is 12.3. The second-order valence-electron chi connectivity index (χ2n) is 8.89. The molecule has 2 atom stereocenters. The molecule has 2 aromatic heterocycles. The van der Waals surface area contributed by atoms with E-state index in [0.29, 0.717) is 16.3 Å². The fraction of sp³-hybridized carbons (Fsp3) is 0.400. The zero-order valence-electron chi connectivity index (χ0n) is 19.6. The topological polar surface area (TPSA) is 73.7 Å². The summed E-state index contributed by atoms with van der Waals surface area (Å²) >= 11 is 1.55. The van der Waals surface area contributed by atoms with Crippen molar-refractivity contribution >= 4 is 28.4 Å². The van der Waals surface area contributed by atoms with Gasteiger partial charge in [-0.15, -0.1) is 0 Å². The molecule has 3 aromatic rings. The zero-order chi connectivity index (χ0) is 24.9. The van der Waals surface area contributed by atoms with Crippen LogP contribution < -0.4 is 15.0 Å². The van der Waals surface area contributed by atoms with Crippen molar-refractivity contribution in [1.29, 1.82) is 0 Å². The lowest BCUT2D eigenvalue weighted by atomic mass is 9.90. The highest BCUT2D eigenvalue weighted by Crippen LogP contribution is 2.48. The van der Waals surface area contributed by atoms with Crippen LogP contribution in [0.15, 0.2) is 41.6 Å². The molecular formula is C25H25F2N3O4S. The van der Waals surface area contributed by atoms with Crippen LogP contribution in [0.25, 0.3) is 21.9 Å². The second kappa shape index (κ2) is 8.82. The van der Waals surface area contributed by atoms with Gasteiger partial charge in [0.25, 0.3) is 17.4 Å². The van der Waals surface area contributed by atoms with Crippen LogP contribution in [-0.2, 0) is 7.05 Å². The van der Waals surface area contributed by atoms with Gasteiger partial charge < -0.3 is 18.9 Å². The standard InChI is InChI=1S/C25H25F2N3O4S/c1-29-11-17(15-4-6-28-10-16(15)23(29)31)14-8-19(33-2)22(20(9-14)34-3)24(32)30-7-5-18(21-12-35-21)25(26,27)13-30/h4,6,8-11,18,21H,5,7,12-13H2,1-3H3. The van der Waals surface area contributed by atoms with Gasteiger partial charge in [-0.25, -0.2) is 8.78 Å². The normalized spacial score (nSPS) is 21.1. The number of likely N-dealkylation sites (tertiary alicyclic amines) is 1. The largest absolute Gasteiger partial charge is 0.496 e. The number of carbonyl (C=O) groups is 1. The molecule has 184 valence electrons. The zero-order valence-corrected chi connectivity index (χ0v) is 20.4. The van der Waals surface area contributed by atoms with Gasteiger partial charge in [0.1, 0.15) is 17.1 Å². The maximum Gasteiger partial charge on any atom is 0.269 e. The van der Waals surface area contributed by atoms with Crippen molar-refractivity contribution < 1.29 is 23.0 Å². The lowest BCUT2D eigenvalue weighted by Gasteiger charge is -2.38. The van der Waals surface area contributed by atoms with E-state index in [1.165, 1.54) is 29.9 Å². The quantitative estimate of drug-likeness (QED) is 0.495. The Balaban J connectivity index is 1.56. The summed E-state index contributed by atoms with van der Waals surface area (Å²) in [6.07, 6.45) is 5.07. The van der Waals surface area contributed by atoms with Crippen LogP contribution in [0.3, 0.4) is 0 Å². The summed E-state index contributed by atoms with van der Waals surface area (Å²) in [4.78, 5) is 31.3. The average molecular weight is 502 g/mol. The molecule has 2 aliphatic heterocycles. The van der Waals surface area contributed by atoms with Crippen molar-refractivity contribution in [1.82, 2.24) is 14.5 Å². The van der Waals surface area contributed by atoms with E-state index in [4.69, 9.17) is 9.47 Å². The molecule has 10 heteroatoms. The number of hydrogen-bond acceptors (Lipinski definition) is 6. The number of halogens is 2.